The van der Waals surface area contributed by atoms with E-state index >= 15 is 0 Å². The van der Waals surface area contributed by atoms with Gasteiger partial charge in [-0.05, 0) is 19.3 Å². The predicted molar refractivity (Wildman–Crippen MR) is 61.2 cm³/mol. The third kappa shape index (κ3) is 8.26. The van der Waals surface area contributed by atoms with Crippen molar-refractivity contribution in [1.82, 2.24) is 0 Å². The summed E-state index contributed by atoms with van der Waals surface area (Å²) in [6.07, 6.45) is 4.29. The quantitative estimate of drug-likeness (QED) is 0.488. The molecule has 0 amide bonds. The highest BCUT2D eigenvalue weighted by atomic mass is 16.5. The Morgan fingerprint density at radius 2 is 1.88 bits per heavy atom. The predicted octanol–water partition coefficient (Wildman–Crippen LogP) is 2.75. The first kappa shape index (κ1) is 14.9. The SMILES string of the molecule is CCCCCC(=O)OC(CC)CCC(=O)O. The summed E-state index contributed by atoms with van der Waals surface area (Å²) in [6.45, 7) is 3.97. The van der Waals surface area contributed by atoms with Gasteiger partial charge in [0.15, 0.2) is 0 Å². The van der Waals surface area contributed by atoms with Crippen LogP contribution in [0.25, 0.3) is 0 Å². The number of carboxylic acid groups (broad SMARTS) is 1. The van der Waals surface area contributed by atoms with Crippen molar-refractivity contribution in [2.75, 3.05) is 0 Å². The van der Waals surface area contributed by atoms with E-state index in [0.717, 1.165) is 19.3 Å². The Hall–Kier alpha value is -1.06. The van der Waals surface area contributed by atoms with Crippen LogP contribution in [0.4, 0.5) is 0 Å². The first-order valence-corrected chi connectivity index (χ1v) is 6.01. The van der Waals surface area contributed by atoms with Crippen LogP contribution in [-0.2, 0) is 14.3 Å². The molecule has 0 spiro atoms. The molecular formula is C12H22O4. The molecule has 1 unspecified atom stereocenters. The fraction of sp³-hybridized carbons (Fsp3) is 0.833. The van der Waals surface area contributed by atoms with Gasteiger partial charge < -0.3 is 9.84 Å². The summed E-state index contributed by atoms with van der Waals surface area (Å²) in [7, 11) is 0. The van der Waals surface area contributed by atoms with E-state index in [-0.39, 0.29) is 18.5 Å². The van der Waals surface area contributed by atoms with E-state index < -0.39 is 5.97 Å². The zero-order valence-corrected chi connectivity index (χ0v) is 10.2. The van der Waals surface area contributed by atoms with Crippen molar-refractivity contribution in [3.05, 3.63) is 0 Å². The maximum absolute atomic E-state index is 11.4. The van der Waals surface area contributed by atoms with Gasteiger partial charge in [-0.1, -0.05) is 26.7 Å². The monoisotopic (exact) mass is 230 g/mol. The molecule has 0 aromatic carbocycles. The maximum Gasteiger partial charge on any atom is 0.306 e. The van der Waals surface area contributed by atoms with Crippen molar-refractivity contribution >= 4 is 11.9 Å². The number of esters is 1. The first-order valence-electron chi connectivity index (χ1n) is 6.01. The lowest BCUT2D eigenvalue weighted by Gasteiger charge is -2.15. The van der Waals surface area contributed by atoms with Gasteiger partial charge in [0.2, 0.25) is 0 Å². The van der Waals surface area contributed by atoms with Gasteiger partial charge in [0.1, 0.15) is 6.10 Å². The average molecular weight is 230 g/mol. The Morgan fingerprint density at radius 1 is 1.19 bits per heavy atom. The number of hydrogen-bond donors (Lipinski definition) is 1. The summed E-state index contributed by atoms with van der Waals surface area (Å²) in [6, 6.07) is 0. The maximum atomic E-state index is 11.4. The lowest BCUT2D eigenvalue weighted by atomic mass is 10.1. The number of carbonyl (C=O) groups excluding carboxylic acids is 1. The summed E-state index contributed by atoms with van der Waals surface area (Å²) in [5, 5.41) is 8.52. The zero-order valence-electron chi connectivity index (χ0n) is 10.2. The number of unbranched alkanes of at least 4 members (excludes halogenated alkanes) is 2. The van der Waals surface area contributed by atoms with Crippen LogP contribution >= 0.6 is 0 Å². The third-order valence-electron chi connectivity index (χ3n) is 2.42. The van der Waals surface area contributed by atoms with Crippen LogP contribution in [0.15, 0.2) is 0 Å². The van der Waals surface area contributed by atoms with E-state index in [2.05, 4.69) is 6.92 Å². The van der Waals surface area contributed by atoms with Gasteiger partial charge in [0.05, 0.1) is 0 Å². The van der Waals surface area contributed by atoms with Gasteiger partial charge in [0.25, 0.3) is 0 Å². The van der Waals surface area contributed by atoms with E-state index in [1.54, 1.807) is 0 Å². The normalized spacial score (nSPS) is 12.1. The molecule has 0 heterocycles. The minimum Gasteiger partial charge on any atom is -0.481 e. The van der Waals surface area contributed by atoms with Gasteiger partial charge in [0, 0.05) is 12.8 Å². The van der Waals surface area contributed by atoms with Crippen LogP contribution in [0.3, 0.4) is 0 Å². The minimum absolute atomic E-state index is 0.0563. The van der Waals surface area contributed by atoms with Gasteiger partial charge in [-0.15, -0.1) is 0 Å². The average Bonchev–Trinajstić information content (AvgIpc) is 2.24. The Balaban J connectivity index is 3.74. The molecule has 4 heteroatoms. The summed E-state index contributed by atoms with van der Waals surface area (Å²) in [5.74, 6) is -1.05. The molecule has 1 N–H and O–H groups in total. The fourth-order valence-corrected chi connectivity index (χ4v) is 1.40. The van der Waals surface area contributed by atoms with Gasteiger partial charge >= 0.3 is 11.9 Å². The number of carboxylic acids is 1. The smallest absolute Gasteiger partial charge is 0.306 e. The number of rotatable bonds is 9. The summed E-state index contributed by atoms with van der Waals surface area (Å²) in [4.78, 5) is 21.7. The second kappa shape index (κ2) is 9.19. The highest BCUT2D eigenvalue weighted by Gasteiger charge is 2.13. The highest BCUT2D eigenvalue weighted by Crippen LogP contribution is 2.09. The molecule has 0 radical (unpaired) electrons. The van der Waals surface area contributed by atoms with Gasteiger partial charge in [-0.2, -0.15) is 0 Å². The lowest BCUT2D eigenvalue weighted by Crippen LogP contribution is -2.18. The molecule has 0 saturated carbocycles. The van der Waals surface area contributed by atoms with Crippen LogP contribution in [0.5, 0.6) is 0 Å². The van der Waals surface area contributed by atoms with Crippen LogP contribution in [-0.4, -0.2) is 23.1 Å². The van der Waals surface area contributed by atoms with E-state index in [9.17, 15) is 9.59 Å². The van der Waals surface area contributed by atoms with Crippen LogP contribution < -0.4 is 0 Å². The van der Waals surface area contributed by atoms with Crippen molar-refractivity contribution in [2.45, 2.75) is 64.9 Å². The van der Waals surface area contributed by atoms with Crippen molar-refractivity contribution in [1.29, 1.82) is 0 Å². The molecule has 0 aliphatic rings. The molecule has 1 atom stereocenters. The standard InChI is InChI=1S/C12H22O4/c1-3-5-6-7-12(15)16-10(4-2)8-9-11(13)14/h10H,3-9H2,1-2H3,(H,13,14). The second-order valence-electron chi connectivity index (χ2n) is 3.91. The Bertz CT molecular complexity index is 213. The third-order valence-corrected chi connectivity index (χ3v) is 2.42. The van der Waals surface area contributed by atoms with Gasteiger partial charge in [-0.25, -0.2) is 0 Å². The van der Waals surface area contributed by atoms with E-state index in [4.69, 9.17) is 9.84 Å². The molecule has 94 valence electrons. The molecule has 0 aliphatic heterocycles. The molecule has 0 saturated heterocycles. The molecule has 16 heavy (non-hydrogen) atoms. The first-order chi connectivity index (χ1) is 7.60. The Kier molecular flexibility index (Phi) is 8.58. The molecule has 0 fully saturated rings. The van der Waals surface area contributed by atoms with E-state index in [1.165, 1.54) is 0 Å². The van der Waals surface area contributed by atoms with Crippen molar-refractivity contribution in [3.63, 3.8) is 0 Å². The minimum atomic E-state index is -0.847. The number of aliphatic carboxylic acids is 1. The number of carbonyl (C=O) groups is 2. The largest absolute Gasteiger partial charge is 0.481 e. The number of ether oxygens (including phenoxy) is 1. The van der Waals surface area contributed by atoms with Crippen LogP contribution in [0, 0.1) is 0 Å². The van der Waals surface area contributed by atoms with E-state index in [1.807, 2.05) is 6.92 Å². The highest BCUT2D eigenvalue weighted by molar-refractivity contribution is 5.69. The molecule has 4 nitrogen and oxygen atoms in total. The lowest BCUT2D eigenvalue weighted by molar-refractivity contribution is -0.151. The summed E-state index contributed by atoms with van der Waals surface area (Å²) < 4.78 is 5.19. The Morgan fingerprint density at radius 3 is 2.38 bits per heavy atom. The van der Waals surface area contributed by atoms with Crippen molar-refractivity contribution in [2.24, 2.45) is 0 Å². The van der Waals surface area contributed by atoms with Crippen LogP contribution in [0.2, 0.25) is 0 Å². The molecule has 0 rings (SSSR count). The van der Waals surface area contributed by atoms with Crippen molar-refractivity contribution in [3.8, 4) is 0 Å². The number of hydrogen-bond acceptors (Lipinski definition) is 3. The summed E-state index contributed by atoms with van der Waals surface area (Å²) in [5.41, 5.74) is 0. The molecular weight excluding hydrogens is 208 g/mol. The second-order valence-corrected chi connectivity index (χ2v) is 3.91. The molecule has 0 aromatic heterocycles. The molecule has 0 bridgehead atoms. The topological polar surface area (TPSA) is 63.6 Å². The zero-order chi connectivity index (χ0) is 12.4. The fourth-order valence-electron chi connectivity index (χ4n) is 1.40. The van der Waals surface area contributed by atoms with Crippen LogP contribution in [0.1, 0.15) is 58.8 Å². The Labute approximate surface area is 97.0 Å². The van der Waals surface area contributed by atoms with Gasteiger partial charge in [-0.3, -0.25) is 9.59 Å². The summed E-state index contributed by atoms with van der Waals surface area (Å²) >= 11 is 0. The van der Waals surface area contributed by atoms with Crippen molar-refractivity contribution < 1.29 is 19.4 Å². The molecule has 0 aliphatic carbocycles. The molecule has 0 aromatic rings. The van der Waals surface area contributed by atoms with E-state index in [0.29, 0.717) is 19.3 Å².